The molecule has 8 heavy (non-hydrogen) atoms. The average molecular weight is 141 g/mol. The van der Waals surface area contributed by atoms with Gasteiger partial charge in [0.1, 0.15) is 0 Å². The first-order valence-corrected chi connectivity index (χ1v) is 3.14. The second kappa shape index (κ2) is 15.7. The zero-order chi connectivity index (χ0) is 6.83. The van der Waals surface area contributed by atoms with Crippen LogP contribution in [0.25, 0.3) is 0 Å². The average Bonchev–Trinajstić information content (AvgIpc) is 1.88. The van der Waals surface area contributed by atoms with Crippen molar-refractivity contribution in [1.29, 1.82) is 0 Å². The lowest BCUT2D eigenvalue weighted by atomic mass is 10.6. The quantitative estimate of drug-likeness (QED) is 0.552. The minimum Gasteiger partial charge on any atom is -0.394 e. The predicted octanol–water partition coefficient (Wildman–Crippen LogP) is 0.606. The van der Waals surface area contributed by atoms with Crippen LogP contribution in [0.15, 0.2) is 0 Å². The number of rotatable bonds is 2. The lowest BCUT2D eigenvalue weighted by Crippen LogP contribution is -1.85. The second-order valence-corrected chi connectivity index (χ2v) is 1.51. The molecule has 0 aliphatic heterocycles. The predicted molar refractivity (Wildman–Crippen MR) is 35.2 cm³/mol. The zero-order valence-corrected chi connectivity index (χ0v) is 5.86. The summed E-state index contributed by atoms with van der Waals surface area (Å²) in [6, 6.07) is 0. The van der Waals surface area contributed by atoms with Crippen LogP contribution in [0.4, 0.5) is 0 Å². The van der Waals surface area contributed by atoms with Crippen molar-refractivity contribution in [2.75, 3.05) is 19.1 Å². The monoisotopic (exact) mass is 140 g/mol. The van der Waals surface area contributed by atoms with E-state index in [4.69, 9.17) is 21.8 Å². The Morgan fingerprint density at radius 2 is 1.50 bits per heavy atom. The lowest BCUT2D eigenvalue weighted by Gasteiger charge is -1.70. The molecule has 0 unspecified atom stereocenters. The fourth-order valence-electron chi connectivity index (χ4n) is 0. The molecule has 0 heterocycles. The summed E-state index contributed by atoms with van der Waals surface area (Å²) < 4.78 is 0. The molecule has 0 rings (SSSR count). The van der Waals surface area contributed by atoms with Crippen LogP contribution in [0, 0.1) is 0 Å². The van der Waals surface area contributed by atoms with Gasteiger partial charge in [-0.25, -0.2) is 0 Å². The number of aliphatic hydroxyl groups is 2. The summed E-state index contributed by atoms with van der Waals surface area (Å²) in [5, 5.41) is 15.2. The van der Waals surface area contributed by atoms with Gasteiger partial charge in [0.2, 0.25) is 0 Å². The van der Waals surface area contributed by atoms with Crippen LogP contribution in [0.1, 0.15) is 13.3 Å². The Balaban J connectivity index is 0. The molecule has 52 valence electrons. The van der Waals surface area contributed by atoms with Crippen LogP contribution in [0.3, 0.4) is 0 Å². The van der Waals surface area contributed by atoms with Crippen molar-refractivity contribution in [3.63, 3.8) is 0 Å². The summed E-state index contributed by atoms with van der Waals surface area (Å²) in [6.07, 6.45) is 1.08. The molecule has 0 saturated heterocycles. The molecule has 0 spiro atoms. The first-order valence-electron chi connectivity index (χ1n) is 2.61. The van der Waals surface area contributed by atoms with Gasteiger partial charge in [-0.2, -0.15) is 0 Å². The van der Waals surface area contributed by atoms with Gasteiger partial charge in [0, 0.05) is 5.88 Å². The van der Waals surface area contributed by atoms with Crippen LogP contribution in [0.2, 0.25) is 0 Å². The molecule has 0 amide bonds. The van der Waals surface area contributed by atoms with Crippen molar-refractivity contribution < 1.29 is 10.2 Å². The molecule has 0 radical (unpaired) electrons. The van der Waals surface area contributed by atoms with Gasteiger partial charge >= 0.3 is 0 Å². The standard InChI is InChI=1S/C3H7Cl.C2H6O2/c1-2-3-4;3-1-2-4/h2-3H2,1H3;3-4H,1-2H2. The maximum Gasteiger partial charge on any atom is 0.0662 e. The summed E-state index contributed by atoms with van der Waals surface area (Å²) in [5.74, 6) is 0.792. The van der Waals surface area contributed by atoms with Crippen molar-refractivity contribution in [3.8, 4) is 0 Å². The fraction of sp³-hybridized carbons (Fsp3) is 1.00. The van der Waals surface area contributed by atoms with E-state index in [1.54, 1.807) is 0 Å². The Hall–Kier alpha value is 0.210. The molecule has 0 saturated carbocycles. The third-order valence-corrected chi connectivity index (χ3v) is 0.667. The van der Waals surface area contributed by atoms with Crippen LogP contribution in [0.5, 0.6) is 0 Å². The smallest absolute Gasteiger partial charge is 0.0662 e. The van der Waals surface area contributed by atoms with E-state index in [1.807, 2.05) is 6.92 Å². The summed E-state index contributed by atoms with van der Waals surface area (Å²) in [6.45, 7) is 1.80. The van der Waals surface area contributed by atoms with Crippen LogP contribution < -0.4 is 0 Å². The third kappa shape index (κ3) is 34.5. The Morgan fingerprint density at radius 3 is 1.50 bits per heavy atom. The van der Waals surface area contributed by atoms with Crippen molar-refractivity contribution >= 4 is 11.6 Å². The molecule has 0 aromatic carbocycles. The highest BCUT2D eigenvalue weighted by Crippen LogP contribution is 1.75. The fourth-order valence-corrected chi connectivity index (χ4v) is 0. The van der Waals surface area contributed by atoms with E-state index in [1.165, 1.54) is 0 Å². The Kier molecular flexibility index (Phi) is 21.7. The van der Waals surface area contributed by atoms with Gasteiger partial charge < -0.3 is 10.2 Å². The molecule has 0 atom stereocenters. The van der Waals surface area contributed by atoms with Gasteiger partial charge in [0.15, 0.2) is 0 Å². The van der Waals surface area contributed by atoms with E-state index >= 15 is 0 Å². The Bertz CT molecular complexity index is 18.4. The molecular weight excluding hydrogens is 128 g/mol. The van der Waals surface area contributed by atoms with Gasteiger partial charge in [-0.3, -0.25) is 0 Å². The largest absolute Gasteiger partial charge is 0.394 e. The van der Waals surface area contributed by atoms with Gasteiger partial charge in [0.25, 0.3) is 0 Å². The molecule has 3 heteroatoms. The molecule has 2 nitrogen and oxygen atoms in total. The van der Waals surface area contributed by atoms with E-state index in [9.17, 15) is 0 Å². The van der Waals surface area contributed by atoms with E-state index in [-0.39, 0.29) is 13.2 Å². The number of hydrogen-bond acceptors (Lipinski definition) is 2. The summed E-state index contributed by atoms with van der Waals surface area (Å²) in [4.78, 5) is 0. The van der Waals surface area contributed by atoms with Crippen LogP contribution >= 0.6 is 11.6 Å². The minimum atomic E-state index is -0.125. The van der Waals surface area contributed by atoms with Gasteiger partial charge in [-0.1, -0.05) is 6.92 Å². The van der Waals surface area contributed by atoms with E-state index in [0.717, 1.165) is 12.3 Å². The topological polar surface area (TPSA) is 40.5 Å². The highest BCUT2D eigenvalue weighted by molar-refractivity contribution is 6.17. The number of hydrogen-bond donors (Lipinski definition) is 2. The first kappa shape index (κ1) is 11.1. The number of aliphatic hydroxyl groups excluding tert-OH is 2. The van der Waals surface area contributed by atoms with E-state index in [2.05, 4.69) is 0 Å². The van der Waals surface area contributed by atoms with Crippen molar-refractivity contribution in [1.82, 2.24) is 0 Å². The van der Waals surface area contributed by atoms with Gasteiger partial charge in [-0.15, -0.1) is 11.6 Å². The van der Waals surface area contributed by atoms with Crippen LogP contribution in [-0.2, 0) is 0 Å². The normalized spacial score (nSPS) is 7.50. The molecule has 0 aliphatic rings. The second-order valence-electron chi connectivity index (χ2n) is 1.14. The van der Waals surface area contributed by atoms with Crippen LogP contribution in [-0.4, -0.2) is 29.3 Å². The Labute approximate surface area is 55.1 Å². The number of halogens is 1. The lowest BCUT2D eigenvalue weighted by molar-refractivity contribution is 0.186. The summed E-state index contributed by atoms with van der Waals surface area (Å²) in [7, 11) is 0. The minimum absolute atomic E-state index is 0.125. The van der Waals surface area contributed by atoms with Gasteiger partial charge in [-0.05, 0) is 6.42 Å². The van der Waals surface area contributed by atoms with Crippen molar-refractivity contribution in [2.24, 2.45) is 0 Å². The molecular formula is C5H13ClO2. The zero-order valence-electron chi connectivity index (χ0n) is 5.10. The molecule has 0 aromatic rings. The highest BCUT2D eigenvalue weighted by Gasteiger charge is 1.59. The first-order chi connectivity index (χ1) is 3.83. The molecule has 0 bridgehead atoms. The highest BCUT2D eigenvalue weighted by atomic mass is 35.5. The van der Waals surface area contributed by atoms with Crippen molar-refractivity contribution in [2.45, 2.75) is 13.3 Å². The summed E-state index contributed by atoms with van der Waals surface area (Å²) >= 11 is 5.19. The van der Waals surface area contributed by atoms with Crippen molar-refractivity contribution in [3.05, 3.63) is 0 Å². The molecule has 0 aliphatic carbocycles. The SMILES string of the molecule is CCCCl.OCCO. The van der Waals surface area contributed by atoms with E-state index in [0.29, 0.717) is 0 Å². The molecule has 0 fully saturated rings. The maximum absolute atomic E-state index is 7.62. The number of alkyl halides is 1. The third-order valence-electron chi connectivity index (χ3n) is 0.289. The van der Waals surface area contributed by atoms with E-state index < -0.39 is 0 Å². The summed E-state index contributed by atoms with van der Waals surface area (Å²) in [5.41, 5.74) is 0. The Morgan fingerprint density at radius 1 is 1.25 bits per heavy atom. The van der Waals surface area contributed by atoms with Gasteiger partial charge in [0.05, 0.1) is 13.2 Å². The molecule has 0 aromatic heterocycles. The molecule has 2 N–H and O–H groups in total. The maximum atomic E-state index is 7.62.